The highest BCUT2D eigenvalue weighted by Crippen LogP contribution is 2.47. The summed E-state index contributed by atoms with van der Waals surface area (Å²) in [6.45, 7) is 12.7. The summed E-state index contributed by atoms with van der Waals surface area (Å²) in [5.74, 6) is 0. The van der Waals surface area contributed by atoms with Crippen LogP contribution in [0.25, 0.3) is 9.69 Å². The molecule has 0 N–H and O–H groups in total. The Morgan fingerprint density at radius 2 is 0.650 bits per heavy atom. The Hall–Kier alpha value is 2.46. The molecule has 2 nitrogen and oxygen atoms in total. The van der Waals surface area contributed by atoms with Crippen molar-refractivity contribution in [3.8, 4) is 0 Å². The first kappa shape index (κ1) is 30.4. The van der Waals surface area contributed by atoms with Crippen LogP contribution in [0.1, 0.15) is 0 Å². The van der Waals surface area contributed by atoms with E-state index in [-0.39, 0.29) is 24.8 Å². The SMILES string of the molecule is Cl.Cl.[C-]#[N+]C(Cl)(Cl)C(Cl)(Cl)Cl.[C-]#[N+]C(Cl)(Cl)C(Cl)(Cl)Cl. The van der Waals surface area contributed by atoms with E-state index >= 15 is 0 Å². The second kappa shape index (κ2) is 11.1. The highest BCUT2D eigenvalue weighted by Gasteiger charge is 2.54. The van der Waals surface area contributed by atoms with Gasteiger partial charge in [0.2, 0.25) is 0 Å². The van der Waals surface area contributed by atoms with Crippen molar-refractivity contribution >= 4 is 141 Å². The van der Waals surface area contributed by atoms with E-state index in [1.165, 1.54) is 0 Å². The van der Waals surface area contributed by atoms with E-state index in [0.717, 1.165) is 0 Å². The molecule has 120 valence electrons. The van der Waals surface area contributed by atoms with Gasteiger partial charge >= 0.3 is 8.91 Å². The van der Waals surface area contributed by atoms with Crippen LogP contribution in [0.4, 0.5) is 0 Å². The molecule has 0 bridgehead atoms. The van der Waals surface area contributed by atoms with Crippen molar-refractivity contribution in [1.82, 2.24) is 0 Å². The molecule has 0 heterocycles. The van der Waals surface area contributed by atoms with Crippen molar-refractivity contribution in [3.05, 3.63) is 22.8 Å². The minimum absolute atomic E-state index is 0. The summed E-state index contributed by atoms with van der Waals surface area (Å²) in [6.07, 6.45) is 0. The van der Waals surface area contributed by atoms with Crippen LogP contribution in [0.5, 0.6) is 0 Å². The van der Waals surface area contributed by atoms with Gasteiger partial charge in [-0.1, -0.05) is 69.6 Å². The third kappa shape index (κ3) is 11.1. The van der Waals surface area contributed by atoms with Crippen LogP contribution in [0.15, 0.2) is 0 Å². The van der Waals surface area contributed by atoms with Crippen LogP contribution in [-0.4, -0.2) is 16.5 Å². The topological polar surface area (TPSA) is 8.72 Å². The largest absolute Gasteiger partial charge is 0.428 e. The molecule has 0 spiro atoms. The molecular weight excluding hydrogens is 526 g/mol. The van der Waals surface area contributed by atoms with Crippen molar-refractivity contribution in [3.63, 3.8) is 0 Å². The molecule has 0 aliphatic heterocycles. The second-order valence-electron chi connectivity index (χ2n) is 2.30. The Labute approximate surface area is 178 Å². The fourth-order valence-corrected chi connectivity index (χ4v) is 0.380. The van der Waals surface area contributed by atoms with Gasteiger partial charge in [0.25, 0.3) is 7.59 Å². The van der Waals surface area contributed by atoms with Crippen molar-refractivity contribution in [2.24, 2.45) is 0 Å². The first-order valence-electron chi connectivity index (χ1n) is 3.28. The van der Waals surface area contributed by atoms with E-state index in [4.69, 9.17) is 129 Å². The van der Waals surface area contributed by atoms with Gasteiger partial charge in [-0.05, 0) is 46.4 Å². The predicted molar refractivity (Wildman–Crippen MR) is 97.2 cm³/mol. The van der Waals surface area contributed by atoms with Gasteiger partial charge in [0, 0.05) is 0 Å². The monoisotopic (exact) mass is 522 g/mol. The quantitative estimate of drug-likeness (QED) is 0.174. The predicted octanol–water partition coefficient (Wildman–Crippen LogP) is 7.66. The molecule has 0 aromatic heterocycles. The van der Waals surface area contributed by atoms with Crippen LogP contribution in [0.2, 0.25) is 0 Å². The van der Waals surface area contributed by atoms with Crippen LogP contribution < -0.4 is 0 Å². The zero-order chi connectivity index (χ0) is 15.4. The van der Waals surface area contributed by atoms with Gasteiger partial charge in [-0.3, -0.25) is 9.69 Å². The highest BCUT2D eigenvalue weighted by molar-refractivity contribution is 6.76. The molecule has 20 heavy (non-hydrogen) atoms. The Bertz CT molecular complexity index is 316. The third-order valence-electron chi connectivity index (χ3n) is 0.963. The fourth-order valence-electron chi connectivity index (χ4n) is 0.127. The number of hydrogen-bond acceptors (Lipinski definition) is 0. The van der Waals surface area contributed by atoms with E-state index in [2.05, 4.69) is 9.69 Å². The minimum Gasteiger partial charge on any atom is -0.271 e. The Morgan fingerprint density at radius 1 is 0.500 bits per heavy atom. The maximum absolute atomic E-state index is 6.37. The number of hydrogen-bond donors (Lipinski definition) is 0. The third-order valence-corrected chi connectivity index (χ3v) is 5.24. The summed E-state index contributed by atoms with van der Waals surface area (Å²) in [5.41, 5.74) is 0. The molecule has 0 aromatic carbocycles. The van der Waals surface area contributed by atoms with Crippen LogP contribution in [-0.2, 0) is 0 Å². The smallest absolute Gasteiger partial charge is 0.271 e. The summed E-state index contributed by atoms with van der Waals surface area (Å²) in [4.78, 5) is 5.35. The Balaban J connectivity index is -0.000000116. The molecule has 0 amide bonds. The average molecular weight is 528 g/mol. The molecule has 0 aliphatic rings. The summed E-state index contributed by atoms with van der Waals surface area (Å²) >= 11 is 51.9. The van der Waals surface area contributed by atoms with Crippen LogP contribution in [0, 0.1) is 13.1 Å². The molecule has 0 radical (unpaired) electrons. The lowest BCUT2D eigenvalue weighted by Crippen LogP contribution is -2.26. The van der Waals surface area contributed by atoms with Gasteiger partial charge in [-0.15, -0.1) is 24.8 Å². The van der Waals surface area contributed by atoms with E-state index < -0.39 is 16.5 Å². The lowest BCUT2D eigenvalue weighted by Gasteiger charge is -2.13. The number of rotatable bonds is 0. The summed E-state index contributed by atoms with van der Waals surface area (Å²) in [7, 11) is 0. The Morgan fingerprint density at radius 3 is 0.650 bits per heavy atom. The molecule has 0 aromatic rings. The first-order valence-corrected chi connectivity index (χ1v) is 7.06. The van der Waals surface area contributed by atoms with Crippen molar-refractivity contribution < 1.29 is 0 Å². The second-order valence-corrected chi connectivity index (χ2v) is 9.44. The van der Waals surface area contributed by atoms with Gasteiger partial charge in [0.05, 0.1) is 0 Å². The lowest BCUT2D eigenvalue weighted by atomic mass is 10.7. The average Bonchev–Trinajstić information content (AvgIpc) is 2.15. The molecule has 0 saturated carbocycles. The number of alkyl halides is 10. The van der Waals surface area contributed by atoms with Gasteiger partial charge in [-0.25, -0.2) is 13.1 Å². The van der Waals surface area contributed by atoms with Gasteiger partial charge < -0.3 is 0 Å². The molecule has 0 unspecified atom stereocenters. The molecule has 0 aliphatic carbocycles. The highest BCUT2D eigenvalue weighted by atomic mass is 35.6. The molecule has 0 saturated heterocycles. The maximum atomic E-state index is 6.37. The molecular formula is C6H2Cl12N2. The lowest BCUT2D eigenvalue weighted by molar-refractivity contribution is 0.986. The fraction of sp³-hybridized carbons (Fsp3) is 0.667. The van der Waals surface area contributed by atoms with Crippen molar-refractivity contribution in [2.45, 2.75) is 16.5 Å². The zero-order valence-corrected chi connectivity index (χ0v) is 17.7. The first-order chi connectivity index (χ1) is 7.62. The van der Waals surface area contributed by atoms with E-state index in [0.29, 0.717) is 0 Å². The molecule has 0 rings (SSSR count). The van der Waals surface area contributed by atoms with Gasteiger partial charge in [0.15, 0.2) is 0 Å². The summed E-state index contributed by atoms with van der Waals surface area (Å²) in [5, 5.41) is 0. The molecule has 14 heteroatoms. The number of nitrogens with zero attached hydrogens (tertiary/aromatic N) is 2. The van der Waals surface area contributed by atoms with Crippen LogP contribution in [0.3, 0.4) is 0 Å². The Kier molecular flexibility index (Phi) is 16.8. The van der Waals surface area contributed by atoms with Crippen LogP contribution >= 0.6 is 141 Å². The standard InChI is InChI=1S/2C3Cl5N.2ClH/c2*1-9-3(7,8)2(4,5)6;;/h;;2*1H. The van der Waals surface area contributed by atoms with Gasteiger partial charge in [0.1, 0.15) is 0 Å². The van der Waals surface area contributed by atoms with Gasteiger partial charge in [-0.2, -0.15) is 0 Å². The van der Waals surface area contributed by atoms with Crippen molar-refractivity contribution in [2.75, 3.05) is 0 Å². The summed E-state index contributed by atoms with van der Waals surface area (Å²) in [6, 6.07) is 0. The minimum atomic E-state index is -1.99. The van der Waals surface area contributed by atoms with E-state index in [1.54, 1.807) is 0 Å². The zero-order valence-electron chi connectivity index (χ0n) is 8.49. The summed E-state index contributed by atoms with van der Waals surface area (Å²) < 4.78 is -7.90. The van der Waals surface area contributed by atoms with Crippen molar-refractivity contribution in [1.29, 1.82) is 0 Å². The van der Waals surface area contributed by atoms with E-state index in [1.807, 2.05) is 0 Å². The molecule has 0 fully saturated rings. The van der Waals surface area contributed by atoms with E-state index in [9.17, 15) is 0 Å². The maximum Gasteiger partial charge on any atom is 0.428 e. The molecule has 0 atom stereocenters. The number of halogens is 12. The normalized spacial score (nSPS) is 11.6.